The molecule has 0 aliphatic carbocycles. The van der Waals surface area contributed by atoms with Gasteiger partial charge in [0, 0.05) is 42.4 Å². The lowest BCUT2D eigenvalue weighted by molar-refractivity contribution is 0.0464. The van der Waals surface area contributed by atoms with Crippen molar-refractivity contribution in [3.63, 3.8) is 0 Å². The molecule has 1 aliphatic heterocycles. The van der Waals surface area contributed by atoms with E-state index in [-0.39, 0.29) is 11.9 Å². The van der Waals surface area contributed by atoms with Gasteiger partial charge in [0.05, 0.1) is 6.10 Å². The SMILES string of the molecule is CC(C)Cn1ccc2cc(NC(=O)N3CCC(C)C(O)C3)ccc21. The Hall–Kier alpha value is -2.01. The summed E-state index contributed by atoms with van der Waals surface area (Å²) < 4.78 is 2.24. The van der Waals surface area contributed by atoms with Crippen molar-refractivity contribution in [2.45, 2.75) is 39.8 Å². The van der Waals surface area contributed by atoms with E-state index in [0.29, 0.717) is 19.0 Å². The lowest BCUT2D eigenvalue weighted by Crippen LogP contribution is -2.47. The minimum Gasteiger partial charge on any atom is -0.391 e. The van der Waals surface area contributed by atoms with Gasteiger partial charge in [0.25, 0.3) is 0 Å². The number of anilines is 1. The molecule has 1 aromatic carbocycles. The van der Waals surface area contributed by atoms with Gasteiger partial charge < -0.3 is 19.9 Å². The average molecular weight is 329 g/mol. The molecule has 2 N–H and O–H groups in total. The number of piperidine rings is 1. The zero-order chi connectivity index (χ0) is 17.3. The van der Waals surface area contributed by atoms with Crippen molar-refractivity contribution in [1.29, 1.82) is 0 Å². The van der Waals surface area contributed by atoms with E-state index < -0.39 is 6.10 Å². The fourth-order valence-corrected chi connectivity index (χ4v) is 3.27. The van der Waals surface area contributed by atoms with Gasteiger partial charge in [-0.2, -0.15) is 0 Å². The van der Waals surface area contributed by atoms with Crippen molar-refractivity contribution in [2.24, 2.45) is 11.8 Å². The predicted octanol–water partition coefficient (Wildman–Crippen LogP) is 3.53. The number of aromatic nitrogens is 1. The van der Waals surface area contributed by atoms with Gasteiger partial charge in [-0.05, 0) is 42.5 Å². The van der Waals surface area contributed by atoms with Gasteiger partial charge in [0.2, 0.25) is 0 Å². The predicted molar refractivity (Wildman–Crippen MR) is 97.2 cm³/mol. The van der Waals surface area contributed by atoms with Crippen LogP contribution in [0.3, 0.4) is 0 Å². The molecular formula is C19H27N3O2. The zero-order valence-corrected chi connectivity index (χ0v) is 14.7. The number of hydrogen-bond donors (Lipinski definition) is 2. The maximum Gasteiger partial charge on any atom is 0.321 e. The Kier molecular flexibility index (Phi) is 4.81. The molecule has 0 saturated carbocycles. The Balaban J connectivity index is 1.70. The summed E-state index contributed by atoms with van der Waals surface area (Å²) >= 11 is 0. The summed E-state index contributed by atoms with van der Waals surface area (Å²) in [5.41, 5.74) is 1.98. The largest absolute Gasteiger partial charge is 0.391 e. The van der Waals surface area contributed by atoms with Crippen molar-refractivity contribution in [3.8, 4) is 0 Å². The quantitative estimate of drug-likeness (QED) is 0.905. The van der Waals surface area contributed by atoms with E-state index in [1.54, 1.807) is 4.90 Å². The van der Waals surface area contributed by atoms with Gasteiger partial charge in [0.15, 0.2) is 0 Å². The van der Waals surface area contributed by atoms with Crippen LogP contribution in [-0.2, 0) is 6.54 Å². The summed E-state index contributed by atoms with van der Waals surface area (Å²) in [7, 11) is 0. The Labute approximate surface area is 143 Å². The molecule has 0 spiro atoms. The fraction of sp³-hybridized carbons (Fsp3) is 0.526. The van der Waals surface area contributed by atoms with Crippen LogP contribution in [-0.4, -0.2) is 39.8 Å². The van der Waals surface area contributed by atoms with Gasteiger partial charge in [-0.25, -0.2) is 4.79 Å². The van der Waals surface area contributed by atoms with Crippen LogP contribution in [0.1, 0.15) is 27.2 Å². The number of aliphatic hydroxyl groups excluding tert-OH is 1. The Morgan fingerprint density at radius 2 is 2.17 bits per heavy atom. The number of β-amino-alcohol motifs (C(OH)–C–C–N with tert-alkyl or cyclic N) is 1. The topological polar surface area (TPSA) is 57.5 Å². The monoisotopic (exact) mass is 329 g/mol. The van der Waals surface area contributed by atoms with Crippen LogP contribution >= 0.6 is 0 Å². The molecular weight excluding hydrogens is 302 g/mol. The third-order valence-electron chi connectivity index (χ3n) is 4.79. The van der Waals surface area contributed by atoms with Gasteiger partial charge in [-0.15, -0.1) is 0 Å². The van der Waals surface area contributed by atoms with Crippen LogP contribution in [0.25, 0.3) is 10.9 Å². The van der Waals surface area contributed by atoms with E-state index in [2.05, 4.69) is 42.1 Å². The first-order valence-electron chi connectivity index (χ1n) is 8.77. The molecule has 5 nitrogen and oxygen atoms in total. The number of rotatable bonds is 3. The maximum atomic E-state index is 12.4. The molecule has 3 rings (SSSR count). The molecule has 24 heavy (non-hydrogen) atoms. The number of urea groups is 1. The number of carbonyl (C=O) groups excluding carboxylic acids is 1. The highest BCUT2D eigenvalue weighted by molar-refractivity contribution is 5.93. The smallest absolute Gasteiger partial charge is 0.321 e. The summed E-state index contributed by atoms with van der Waals surface area (Å²) in [5.74, 6) is 0.846. The molecule has 2 unspecified atom stereocenters. The van der Waals surface area contributed by atoms with E-state index in [4.69, 9.17) is 0 Å². The summed E-state index contributed by atoms with van der Waals surface area (Å²) in [5, 5.41) is 14.0. The number of fused-ring (bicyclic) bond motifs is 1. The second-order valence-corrected chi connectivity index (χ2v) is 7.35. The highest BCUT2D eigenvalue weighted by Crippen LogP contribution is 2.23. The van der Waals surface area contributed by atoms with Crippen molar-refractivity contribution in [3.05, 3.63) is 30.5 Å². The van der Waals surface area contributed by atoms with Crippen LogP contribution < -0.4 is 5.32 Å². The molecule has 0 radical (unpaired) electrons. The molecule has 2 atom stereocenters. The Morgan fingerprint density at radius 3 is 2.88 bits per heavy atom. The van der Waals surface area contributed by atoms with Crippen LogP contribution in [0.2, 0.25) is 0 Å². The van der Waals surface area contributed by atoms with E-state index in [1.165, 1.54) is 5.52 Å². The Bertz CT molecular complexity index is 722. The average Bonchev–Trinajstić information content (AvgIpc) is 2.91. The highest BCUT2D eigenvalue weighted by Gasteiger charge is 2.27. The Morgan fingerprint density at radius 1 is 1.38 bits per heavy atom. The summed E-state index contributed by atoms with van der Waals surface area (Å²) in [4.78, 5) is 14.1. The third-order valence-corrected chi connectivity index (χ3v) is 4.79. The second-order valence-electron chi connectivity index (χ2n) is 7.35. The molecule has 5 heteroatoms. The molecule has 1 aliphatic rings. The number of likely N-dealkylation sites (tertiary alicyclic amines) is 1. The molecule has 2 heterocycles. The van der Waals surface area contributed by atoms with E-state index in [9.17, 15) is 9.90 Å². The van der Waals surface area contributed by atoms with Crippen molar-refractivity contribution in [2.75, 3.05) is 18.4 Å². The molecule has 130 valence electrons. The summed E-state index contributed by atoms with van der Waals surface area (Å²) in [6.07, 6.45) is 2.50. The summed E-state index contributed by atoms with van der Waals surface area (Å²) in [6.45, 7) is 8.51. The summed E-state index contributed by atoms with van der Waals surface area (Å²) in [6, 6.07) is 7.95. The molecule has 1 fully saturated rings. The van der Waals surface area contributed by atoms with Gasteiger partial charge in [0.1, 0.15) is 0 Å². The number of aliphatic hydroxyl groups is 1. The second kappa shape index (κ2) is 6.85. The van der Waals surface area contributed by atoms with E-state index in [0.717, 1.165) is 24.0 Å². The van der Waals surface area contributed by atoms with Gasteiger partial charge in [-0.3, -0.25) is 0 Å². The molecule has 1 saturated heterocycles. The number of nitrogens with zero attached hydrogens (tertiary/aromatic N) is 2. The minimum atomic E-state index is -0.433. The maximum absolute atomic E-state index is 12.4. The highest BCUT2D eigenvalue weighted by atomic mass is 16.3. The van der Waals surface area contributed by atoms with Gasteiger partial charge >= 0.3 is 6.03 Å². The number of benzene rings is 1. The van der Waals surface area contributed by atoms with Crippen LogP contribution in [0, 0.1) is 11.8 Å². The first-order valence-corrected chi connectivity index (χ1v) is 8.77. The van der Waals surface area contributed by atoms with Crippen molar-refractivity contribution < 1.29 is 9.90 Å². The normalized spacial score (nSPS) is 21.5. The van der Waals surface area contributed by atoms with Crippen LogP contribution in [0.4, 0.5) is 10.5 Å². The third kappa shape index (κ3) is 3.56. The van der Waals surface area contributed by atoms with Crippen molar-refractivity contribution in [1.82, 2.24) is 9.47 Å². The number of carbonyl (C=O) groups is 1. The van der Waals surface area contributed by atoms with Crippen LogP contribution in [0.5, 0.6) is 0 Å². The number of nitrogens with one attached hydrogen (secondary N) is 1. The van der Waals surface area contributed by atoms with Crippen LogP contribution in [0.15, 0.2) is 30.5 Å². The van der Waals surface area contributed by atoms with Crippen molar-refractivity contribution >= 4 is 22.6 Å². The number of amides is 2. The molecule has 2 amide bonds. The minimum absolute atomic E-state index is 0.137. The van der Waals surface area contributed by atoms with E-state index in [1.807, 2.05) is 19.1 Å². The first kappa shape index (κ1) is 16.8. The molecule has 2 aromatic rings. The fourth-order valence-electron chi connectivity index (χ4n) is 3.27. The van der Waals surface area contributed by atoms with E-state index >= 15 is 0 Å². The molecule has 1 aromatic heterocycles. The van der Waals surface area contributed by atoms with Gasteiger partial charge in [-0.1, -0.05) is 20.8 Å². The lowest BCUT2D eigenvalue weighted by Gasteiger charge is -2.34. The zero-order valence-electron chi connectivity index (χ0n) is 14.7. The standard InChI is InChI=1S/C19H27N3O2/c1-13(2)11-21-9-7-15-10-16(4-5-17(15)21)20-19(24)22-8-6-14(3)18(23)12-22/h4-5,7,9-10,13-14,18,23H,6,8,11-12H2,1-3H3,(H,20,24). The lowest BCUT2D eigenvalue weighted by atomic mass is 9.96. The first-order chi connectivity index (χ1) is 11.4. The number of hydrogen-bond acceptors (Lipinski definition) is 2. The molecule has 0 bridgehead atoms.